The lowest BCUT2D eigenvalue weighted by Crippen LogP contribution is -2.14. The number of halogens is 2. The van der Waals surface area contributed by atoms with E-state index in [1.807, 2.05) is 0 Å². The number of rotatable bonds is 3. The van der Waals surface area contributed by atoms with Crippen molar-refractivity contribution in [3.63, 3.8) is 0 Å². The van der Waals surface area contributed by atoms with Crippen molar-refractivity contribution in [1.29, 1.82) is 0 Å². The van der Waals surface area contributed by atoms with Crippen LogP contribution >= 0.6 is 23.2 Å². The Bertz CT molecular complexity index is 669. The Kier molecular flexibility index (Phi) is 4.22. The molecule has 0 bridgehead atoms. The zero-order chi connectivity index (χ0) is 14.7. The van der Waals surface area contributed by atoms with Crippen LogP contribution in [0.25, 0.3) is 0 Å². The molecule has 1 aromatic carbocycles. The number of aromatic carboxylic acids is 1. The number of aromatic nitrogens is 1. The monoisotopic (exact) mass is 310 g/mol. The molecule has 0 atom stereocenters. The predicted octanol–water partition coefficient (Wildman–Crippen LogP) is 3.34. The van der Waals surface area contributed by atoms with Gasteiger partial charge >= 0.3 is 5.97 Å². The number of carboxylic acid groups (broad SMARTS) is 1. The minimum Gasteiger partial charge on any atom is -0.477 e. The highest BCUT2D eigenvalue weighted by molar-refractivity contribution is 6.35. The van der Waals surface area contributed by atoms with Crippen molar-refractivity contribution in [3.8, 4) is 0 Å². The molecule has 0 spiro atoms. The quantitative estimate of drug-likeness (QED) is 0.911. The summed E-state index contributed by atoms with van der Waals surface area (Å²) >= 11 is 11.6. The van der Waals surface area contributed by atoms with Gasteiger partial charge in [0, 0.05) is 15.6 Å². The fraction of sp³-hybridized carbons (Fsp3) is 0. The Morgan fingerprint density at radius 2 is 1.75 bits per heavy atom. The van der Waals surface area contributed by atoms with E-state index < -0.39 is 11.9 Å². The number of benzene rings is 1. The van der Waals surface area contributed by atoms with Crippen molar-refractivity contribution in [2.75, 3.05) is 5.32 Å². The molecule has 0 unspecified atom stereocenters. The van der Waals surface area contributed by atoms with Crippen molar-refractivity contribution in [2.45, 2.75) is 0 Å². The van der Waals surface area contributed by atoms with Gasteiger partial charge in [-0.2, -0.15) is 0 Å². The average molecular weight is 311 g/mol. The van der Waals surface area contributed by atoms with E-state index in [4.69, 9.17) is 28.3 Å². The molecule has 0 aliphatic carbocycles. The number of amides is 1. The van der Waals surface area contributed by atoms with Crippen LogP contribution < -0.4 is 5.32 Å². The van der Waals surface area contributed by atoms with E-state index in [1.165, 1.54) is 36.4 Å². The topological polar surface area (TPSA) is 79.3 Å². The summed E-state index contributed by atoms with van der Waals surface area (Å²) in [5.41, 5.74) is 0.0944. The fourth-order valence-electron chi connectivity index (χ4n) is 1.50. The summed E-state index contributed by atoms with van der Waals surface area (Å²) in [4.78, 5) is 26.6. The minimum atomic E-state index is -1.17. The maximum absolute atomic E-state index is 12.0. The van der Waals surface area contributed by atoms with Crippen LogP contribution in [0.5, 0.6) is 0 Å². The first-order valence-electron chi connectivity index (χ1n) is 5.43. The first-order chi connectivity index (χ1) is 9.45. The Balaban J connectivity index is 2.23. The molecule has 2 N–H and O–H groups in total. The number of hydrogen-bond acceptors (Lipinski definition) is 3. The van der Waals surface area contributed by atoms with E-state index in [2.05, 4.69) is 10.3 Å². The molecule has 0 saturated carbocycles. The van der Waals surface area contributed by atoms with Crippen molar-refractivity contribution in [1.82, 2.24) is 4.98 Å². The van der Waals surface area contributed by atoms with Gasteiger partial charge in [-0.15, -0.1) is 0 Å². The summed E-state index contributed by atoms with van der Waals surface area (Å²) in [6.45, 7) is 0. The van der Waals surface area contributed by atoms with E-state index in [0.717, 1.165) is 0 Å². The lowest BCUT2D eigenvalue weighted by atomic mass is 10.2. The van der Waals surface area contributed by atoms with Crippen LogP contribution in [0.2, 0.25) is 10.0 Å². The third kappa shape index (κ3) is 3.46. The number of nitrogens with zero attached hydrogens (tertiary/aromatic N) is 1. The second-order valence-corrected chi connectivity index (χ2v) is 4.70. The van der Waals surface area contributed by atoms with Gasteiger partial charge in [0.25, 0.3) is 5.91 Å². The summed E-state index contributed by atoms with van der Waals surface area (Å²) < 4.78 is 0. The Morgan fingerprint density at radius 3 is 2.35 bits per heavy atom. The molecule has 0 aliphatic heterocycles. The molecule has 1 aromatic heterocycles. The zero-order valence-corrected chi connectivity index (χ0v) is 11.4. The van der Waals surface area contributed by atoms with E-state index in [0.29, 0.717) is 10.0 Å². The molecular formula is C13H8Cl2N2O3. The summed E-state index contributed by atoms with van der Waals surface area (Å²) in [6, 6.07) is 8.69. The first-order valence-corrected chi connectivity index (χ1v) is 6.19. The molecule has 20 heavy (non-hydrogen) atoms. The minimum absolute atomic E-state index is 0.131. The average Bonchev–Trinajstić information content (AvgIpc) is 2.37. The maximum Gasteiger partial charge on any atom is 0.354 e. The van der Waals surface area contributed by atoms with E-state index >= 15 is 0 Å². The number of hydrogen-bond donors (Lipinski definition) is 2. The third-order valence-electron chi connectivity index (χ3n) is 2.33. The highest BCUT2D eigenvalue weighted by Gasteiger charge is 2.11. The molecule has 0 radical (unpaired) electrons. The summed E-state index contributed by atoms with van der Waals surface area (Å²) in [5.74, 6) is -1.53. The van der Waals surface area contributed by atoms with Crippen LogP contribution in [0.3, 0.4) is 0 Å². The van der Waals surface area contributed by atoms with Crippen molar-refractivity contribution < 1.29 is 14.7 Å². The van der Waals surface area contributed by atoms with Crippen molar-refractivity contribution >= 4 is 40.9 Å². The summed E-state index contributed by atoms with van der Waals surface area (Å²) in [5, 5.41) is 12.0. The van der Waals surface area contributed by atoms with Crippen LogP contribution in [0, 0.1) is 0 Å². The Hall–Kier alpha value is -2.11. The van der Waals surface area contributed by atoms with E-state index in [9.17, 15) is 9.59 Å². The highest BCUT2D eigenvalue weighted by atomic mass is 35.5. The molecule has 7 heteroatoms. The van der Waals surface area contributed by atoms with Crippen LogP contribution in [-0.4, -0.2) is 22.0 Å². The van der Waals surface area contributed by atoms with E-state index in [1.54, 1.807) is 0 Å². The largest absolute Gasteiger partial charge is 0.477 e. The molecule has 2 rings (SSSR count). The van der Waals surface area contributed by atoms with Crippen LogP contribution in [0.4, 0.5) is 5.82 Å². The van der Waals surface area contributed by atoms with Crippen LogP contribution in [-0.2, 0) is 0 Å². The van der Waals surface area contributed by atoms with Crippen molar-refractivity contribution in [2.24, 2.45) is 0 Å². The Labute approximate surface area is 124 Å². The standard InChI is InChI=1S/C13H8Cl2N2O3/c14-8-4-7(5-9(15)6-8)12(18)17-11-3-1-2-10(16-11)13(19)20/h1-6H,(H,19,20)(H,16,17,18). The lowest BCUT2D eigenvalue weighted by molar-refractivity contribution is 0.0690. The van der Waals surface area contributed by atoms with E-state index in [-0.39, 0.29) is 17.1 Å². The molecule has 5 nitrogen and oxygen atoms in total. The molecule has 0 saturated heterocycles. The molecule has 0 fully saturated rings. The number of carboxylic acids is 1. The number of pyridine rings is 1. The number of carbonyl (C=O) groups is 2. The summed E-state index contributed by atoms with van der Waals surface area (Å²) in [7, 11) is 0. The number of anilines is 1. The molecule has 2 aromatic rings. The smallest absolute Gasteiger partial charge is 0.354 e. The van der Waals surface area contributed by atoms with Crippen LogP contribution in [0.15, 0.2) is 36.4 Å². The Morgan fingerprint density at radius 1 is 1.10 bits per heavy atom. The van der Waals surface area contributed by atoms with Gasteiger partial charge in [0.15, 0.2) is 5.69 Å². The molecule has 0 aliphatic rings. The molecule has 1 heterocycles. The van der Waals surface area contributed by atoms with Gasteiger partial charge in [-0.3, -0.25) is 4.79 Å². The molecule has 102 valence electrons. The van der Waals surface area contributed by atoms with Gasteiger partial charge in [-0.05, 0) is 30.3 Å². The number of carbonyl (C=O) groups excluding carboxylic acids is 1. The van der Waals surface area contributed by atoms with Gasteiger partial charge in [-0.1, -0.05) is 29.3 Å². The zero-order valence-electron chi connectivity index (χ0n) is 9.93. The van der Waals surface area contributed by atoms with Crippen LogP contribution in [0.1, 0.15) is 20.8 Å². The van der Waals surface area contributed by atoms with Crippen molar-refractivity contribution in [3.05, 3.63) is 57.7 Å². The van der Waals surface area contributed by atoms with Gasteiger partial charge in [0.05, 0.1) is 0 Å². The van der Waals surface area contributed by atoms with Gasteiger partial charge in [-0.25, -0.2) is 9.78 Å². The third-order valence-corrected chi connectivity index (χ3v) is 2.77. The van der Waals surface area contributed by atoms with Gasteiger partial charge in [0.2, 0.25) is 0 Å². The summed E-state index contributed by atoms with van der Waals surface area (Å²) in [6.07, 6.45) is 0. The van der Waals surface area contributed by atoms with Gasteiger partial charge < -0.3 is 10.4 Å². The lowest BCUT2D eigenvalue weighted by Gasteiger charge is -2.06. The first kappa shape index (κ1) is 14.3. The highest BCUT2D eigenvalue weighted by Crippen LogP contribution is 2.19. The second kappa shape index (κ2) is 5.90. The maximum atomic E-state index is 12.0. The molecule has 1 amide bonds. The SMILES string of the molecule is O=C(Nc1cccc(C(=O)O)n1)c1cc(Cl)cc(Cl)c1. The van der Waals surface area contributed by atoms with Gasteiger partial charge in [0.1, 0.15) is 5.82 Å². The normalized spacial score (nSPS) is 10.1. The fourth-order valence-corrected chi connectivity index (χ4v) is 2.02. The number of nitrogens with one attached hydrogen (secondary N) is 1. The second-order valence-electron chi connectivity index (χ2n) is 3.83. The predicted molar refractivity (Wildman–Crippen MR) is 75.6 cm³/mol. The molecular weight excluding hydrogens is 303 g/mol.